The molecule has 1 heterocycles. The van der Waals surface area contributed by atoms with Crippen LogP contribution >= 0.6 is 35.3 Å². The molecule has 0 spiro atoms. The highest BCUT2D eigenvalue weighted by molar-refractivity contribution is 8.01. The zero-order valence-electron chi connectivity index (χ0n) is 12.6. The minimum atomic E-state index is 0.0401. The number of nitrogens with zero attached hydrogens (tertiary/aromatic N) is 2. The fourth-order valence-electron chi connectivity index (χ4n) is 2.00. The van der Waals surface area contributed by atoms with Gasteiger partial charge in [-0.3, -0.25) is 4.79 Å². The van der Waals surface area contributed by atoms with E-state index in [0.717, 1.165) is 22.9 Å². The van der Waals surface area contributed by atoms with Crippen molar-refractivity contribution in [2.24, 2.45) is 0 Å². The van der Waals surface area contributed by atoms with Crippen LogP contribution in [0.25, 0.3) is 5.69 Å². The summed E-state index contributed by atoms with van der Waals surface area (Å²) in [6, 6.07) is 10.00. The molecular weight excluding hydrogens is 334 g/mol. The van der Waals surface area contributed by atoms with Crippen LogP contribution in [0.1, 0.15) is 26.7 Å². The molecule has 0 saturated carbocycles. The van der Waals surface area contributed by atoms with E-state index in [2.05, 4.69) is 17.3 Å². The quantitative estimate of drug-likeness (QED) is 0.602. The number of benzene rings is 1. The Morgan fingerprint density at radius 2 is 2.18 bits per heavy atom. The first-order chi connectivity index (χ1) is 10.6. The van der Waals surface area contributed by atoms with Crippen molar-refractivity contribution in [1.82, 2.24) is 15.1 Å². The number of amides is 1. The van der Waals surface area contributed by atoms with Crippen molar-refractivity contribution < 1.29 is 4.79 Å². The molecule has 1 aromatic heterocycles. The fraction of sp³-hybridized carbons (Fsp3) is 0.400. The Labute approximate surface area is 143 Å². The Kier molecular flexibility index (Phi) is 6.60. The minimum absolute atomic E-state index is 0.0401. The zero-order valence-corrected chi connectivity index (χ0v) is 15.1. The van der Waals surface area contributed by atoms with Crippen LogP contribution in [-0.2, 0) is 4.79 Å². The molecule has 1 N–H and O–H groups in total. The Bertz CT molecular complexity index is 666. The lowest BCUT2D eigenvalue weighted by atomic mass is 10.2. The van der Waals surface area contributed by atoms with Crippen LogP contribution in [0.2, 0.25) is 0 Å². The predicted octanol–water partition coefficient (Wildman–Crippen LogP) is 4.06. The molecule has 118 valence electrons. The average molecular weight is 354 g/mol. The largest absolute Gasteiger partial charge is 0.353 e. The molecule has 1 amide bonds. The van der Waals surface area contributed by atoms with Crippen LogP contribution in [0.15, 0.2) is 34.7 Å². The highest BCUT2D eigenvalue weighted by atomic mass is 32.2. The van der Waals surface area contributed by atoms with Gasteiger partial charge in [-0.1, -0.05) is 54.6 Å². The summed E-state index contributed by atoms with van der Waals surface area (Å²) in [4.78, 5) is 11.9. The Hall–Kier alpha value is -1.18. The number of hydrogen-bond acceptors (Lipinski definition) is 5. The van der Waals surface area contributed by atoms with Gasteiger partial charge in [-0.2, -0.15) is 0 Å². The summed E-state index contributed by atoms with van der Waals surface area (Å²) in [6.07, 6.45) is 2.06. The van der Waals surface area contributed by atoms with E-state index >= 15 is 0 Å². The summed E-state index contributed by atoms with van der Waals surface area (Å²) in [7, 11) is 0. The number of nitrogens with one attached hydrogen (secondary N) is 1. The maximum absolute atomic E-state index is 11.9. The smallest absolute Gasteiger partial charge is 0.230 e. The normalized spacial score (nSPS) is 12.1. The molecule has 0 bridgehead atoms. The lowest BCUT2D eigenvalue weighted by Crippen LogP contribution is -2.33. The number of carbonyl (C=O) groups is 1. The van der Waals surface area contributed by atoms with Gasteiger partial charge >= 0.3 is 0 Å². The number of thioether (sulfide) groups is 1. The van der Waals surface area contributed by atoms with E-state index in [1.54, 1.807) is 4.68 Å². The molecule has 1 aromatic carbocycles. The number of aromatic nitrogens is 2. The first-order valence-electron chi connectivity index (χ1n) is 7.18. The van der Waals surface area contributed by atoms with Crippen LogP contribution in [-0.4, -0.2) is 27.5 Å². The van der Waals surface area contributed by atoms with E-state index in [4.69, 9.17) is 12.2 Å². The topological polar surface area (TPSA) is 46.9 Å². The third-order valence-electron chi connectivity index (χ3n) is 2.99. The van der Waals surface area contributed by atoms with Gasteiger partial charge in [0.25, 0.3) is 0 Å². The van der Waals surface area contributed by atoms with Crippen LogP contribution in [0.3, 0.4) is 0 Å². The molecule has 0 fully saturated rings. The Balaban J connectivity index is 1.95. The molecule has 0 aliphatic rings. The summed E-state index contributed by atoms with van der Waals surface area (Å²) in [5.41, 5.74) is 0.941. The van der Waals surface area contributed by atoms with Gasteiger partial charge in [0.05, 0.1) is 11.4 Å². The Morgan fingerprint density at radius 3 is 2.86 bits per heavy atom. The van der Waals surface area contributed by atoms with Crippen molar-refractivity contribution in [3.05, 3.63) is 34.3 Å². The van der Waals surface area contributed by atoms with Crippen LogP contribution < -0.4 is 5.32 Å². The van der Waals surface area contributed by atoms with Crippen molar-refractivity contribution in [2.45, 2.75) is 37.1 Å². The predicted molar refractivity (Wildman–Crippen MR) is 95.5 cm³/mol. The molecule has 1 atom stereocenters. The molecule has 4 nitrogen and oxygen atoms in total. The number of para-hydroxylation sites is 1. The first kappa shape index (κ1) is 17.2. The van der Waals surface area contributed by atoms with Crippen molar-refractivity contribution in [3.63, 3.8) is 0 Å². The Morgan fingerprint density at radius 1 is 1.45 bits per heavy atom. The molecule has 2 rings (SSSR count). The van der Waals surface area contributed by atoms with Crippen molar-refractivity contribution in [3.8, 4) is 5.69 Å². The van der Waals surface area contributed by atoms with E-state index in [0.29, 0.717) is 9.71 Å². The molecule has 0 radical (unpaired) electrons. The van der Waals surface area contributed by atoms with Gasteiger partial charge in [0.2, 0.25) is 5.91 Å². The lowest BCUT2D eigenvalue weighted by molar-refractivity contribution is -0.119. The highest BCUT2D eigenvalue weighted by Gasteiger charge is 2.10. The third kappa shape index (κ3) is 4.93. The zero-order chi connectivity index (χ0) is 15.9. The van der Waals surface area contributed by atoms with Crippen LogP contribution in [0, 0.1) is 3.95 Å². The van der Waals surface area contributed by atoms with Gasteiger partial charge in [-0.15, -0.1) is 5.10 Å². The van der Waals surface area contributed by atoms with E-state index in [9.17, 15) is 4.79 Å². The number of rotatable bonds is 7. The molecule has 7 heteroatoms. The first-order valence-corrected chi connectivity index (χ1v) is 9.39. The average Bonchev–Trinajstić information content (AvgIpc) is 2.87. The SMILES string of the molecule is CCCC(C)NC(=O)CSc1nn(-c2ccccc2)c(=S)s1. The van der Waals surface area contributed by atoms with E-state index in [-0.39, 0.29) is 11.9 Å². The van der Waals surface area contributed by atoms with Gasteiger partial charge < -0.3 is 5.32 Å². The van der Waals surface area contributed by atoms with Crippen molar-refractivity contribution >= 4 is 41.2 Å². The third-order valence-corrected chi connectivity index (χ3v) is 5.35. The minimum Gasteiger partial charge on any atom is -0.353 e. The van der Waals surface area contributed by atoms with Gasteiger partial charge in [0.15, 0.2) is 8.29 Å². The van der Waals surface area contributed by atoms with E-state index in [1.165, 1.54) is 23.1 Å². The second-order valence-electron chi connectivity index (χ2n) is 4.93. The lowest BCUT2D eigenvalue weighted by Gasteiger charge is -2.11. The summed E-state index contributed by atoms with van der Waals surface area (Å²) >= 11 is 8.20. The standard InChI is InChI=1S/C15H19N3OS3/c1-3-7-11(2)16-13(19)10-21-14-17-18(15(20)22-14)12-8-5-4-6-9-12/h4-6,8-9,11H,3,7,10H2,1-2H3,(H,16,19). The van der Waals surface area contributed by atoms with Gasteiger partial charge in [0, 0.05) is 6.04 Å². The second-order valence-corrected chi connectivity index (χ2v) is 7.77. The van der Waals surface area contributed by atoms with Gasteiger partial charge in [-0.05, 0) is 37.7 Å². The van der Waals surface area contributed by atoms with Gasteiger partial charge in [0.1, 0.15) is 0 Å². The summed E-state index contributed by atoms with van der Waals surface area (Å²) < 4.78 is 3.24. The van der Waals surface area contributed by atoms with E-state index in [1.807, 2.05) is 37.3 Å². The summed E-state index contributed by atoms with van der Waals surface area (Å²) in [5.74, 6) is 0.406. The maximum Gasteiger partial charge on any atom is 0.230 e. The molecule has 0 saturated heterocycles. The molecule has 0 aliphatic heterocycles. The summed E-state index contributed by atoms with van der Waals surface area (Å²) in [5, 5.41) is 7.47. The number of hydrogen-bond donors (Lipinski definition) is 1. The highest BCUT2D eigenvalue weighted by Crippen LogP contribution is 2.23. The molecule has 2 aromatic rings. The molecule has 22 heavy (non-hydrogen) atoms. The summed E-state index contributed by atoms with van der Waals surface area (Å²) in [6.45, 7) is 4.14. The fourth-order valence-corrected chi connectivity index (χ4v) is 4.17. The van der Waals surface area contributed by atoms with Crippen LogP contribution in [0.5, 0.6) is 0 Å². The molecule has 1 unspecified atom stereocenters. The van der Waals surface area contributed by atoms with E-state index < -0.39 is 0 Å². The van der Waals surface area contributed by atoms with Crippen LogP contribution in [0.4, 0.5) is 0 Å². The number of carbonyl (C=O) groups excluding carboxylic acids is 1. The van der Waals surface area contributed by atoms with Crippen molar-refractivity contribution in [1.29, 1.82) is 0 Å². The second kappa shape index (κ2) is 8.45. The monoisotopic (exact) mass is 353 g/mol. The molecular formula is C15H19N3OS3. The molecule has 0 aliphatic carbocycles. The van der Waals surface area contributed by atoms with Crippen molar-refractivity contribution in [2.75, 3.05) is 5.75 Å². The van der Waals surface area contributed by atoms with Gasteiger partial charge in [-0.25, -0.2) is 4.68 Å². The maximum atomic E-state index is 11.9.